The van der Waals surface area contributed by atoms with Gasteiger partial charge in [-0.1, -0.05) is 38.1 Å². The van der Waals surface area contributed by atoms with Crippen molar-refractivity contribution < 1.29 is 9.32 Å². The molecule has 0 bridgehead atoms. The molecule has 1 aromatic heterocycles. The van der Waals surface area contributed by atoms with Gasteiger partial charge >= 0.3 is 0 Å². The minimum atomic E-state index is -0.203. The van der Waals surface area contributed by atoms with Crippen LogP contribution in [0.2, 0.25) is 0 Å². The summed E-state index contributed by atoms with van der Waals surface area (Å²) in [5, 5.41) is 9.85. The lowest BCUT2D eigenvalue weighted by Gasteiger charge is -2.11. The SMILES string of the molecule is CNCCNC(=O)c1ccccc1-c1nc(C(C)(C)C)no1. The van der Waals surface area contributed by atoms with Crippen LogP contribution in [-0.4, -0.2) is 36.2 Å². The highest BCUT2D eigenvalue weighted by Gasteiger charge is 2.23. The molecule has 2 aromatic rings. The molecule has 118 valence electrons. The van der Waals surface area contributed by atoms with Gasteiger partial charge in [0.05, 0.1) is 11.1 Å². The summed E-state index contributed by atoms with van der Waals surface area (Å²) in [5.74, 6) is 0.832. The van der Waals surface area contributed by atoms with Crippen LogP contribution in [-0.2, 0) is 5.41 Å². The lowest BCUT2D eigenvalue weighted by atomic mass is 9.96. The molecule has 0 saturated carbocycles. The molecule has 0 unspecified atom stereocenters. The number of aromatic nitrogens is 2. The number of likely N-dealkylation sites (N-methyl/N-ethyl adjacent to an activating group) is 1. The van der Waals surface area contributed by atoms with Gasteiger partial charge in [0, 0.05) is 18.5 Å². The van der Waals surface area contributed by atoms with Gasteiger partial charge in [-0.05, 0) is 19.2 Å². The van der Waals surface area contributed by atoms with E-state index in [-0.39, 0.29) is 11.3 Å². The van der Waals surface area contributed by atoms with Crippen LogP contribution in [0.5, 0.6) is 0 Å². The molecule has 1 heterocycles. The summed E-state index contributed by atoms with van der Waals surface area (Å²) in [6.07, 6.45) is 0. The maximum Gasteiger partial charge on any atom is 0.258 e. The van der Waals surface area contributed by atoms with E-state index in [9.17, 15) is 4.79 Å². The van der Waals surface area contributed by atoms with Crippen LogP contribution in [0.3, 0.4) is 0 Å². The van der Waals surface area contributed by atoms with Gasteiger partial charge in [-0.2, -0.15) is 4.98 Å². The van der Waals surface area contributed by atoms with Crippen molar-refractivity contribution >= 4 is 5.91 Å². The minimum Gasteiger partial charge on any atom is -0.351 e. The minimum absolute atomic E-state index is 0.152. The molecular weight excluding hydrogens is 280 g/mol. The molecular formula is C16H22N4O2. The Bertz CT molecular complexity index is 644. The number of nitrogens with zero attached hydrogens (tertiary/aromatic N) is 2. The van der Waals surface area contributed by atoms with Crippen molar-refractivity contribution in [2.45, 2.75) is 26.2 Å². The lowest BCUT2D eigenvalue weighted by molar-refractivity contribution is 0.0954. The fourth-order valence-electron chi connectivity index (χ4n) is 1.90. The van der Waals surface area contributed by atoms with Crippen molar-refractivity contribution in [2.24, 2.45) is 0 Å². The normalized spacial score (nSPS) is 11.5. The summed E-state index contributed by atoms with van der Waals surface area (Å²) >= 11 is 0. The number of carbonyl (C=O) groups excluding carboxylic acids is 1. The Morgan fingerprint density at radius 2 is 1.95 bits per heavy atom. The van der Waals surface area contributed by atoms with Crippen LogP contribution in [0.25, 0.3) is 11.5 Å². The van der Waals surface area contributed by atoms with Crippen LogP contribution in [0.1, 0.15) is 37.0 Å². The van der Waals surface area contributed by atoms with Crippen LogP contribution < -0.4 is 10.6 Å². The van der Waals surface area contributed by atoms with E-state index in [0.717, 1.165) is 0 Å². The van der Waals surface area contributed by atoms with Gasteiger partial charge < -0.3 is 15.2 Å². The van der Waals surface area contributed by atoms with Crippen molar-refractivity contribution in [3.8, 4) is 11.5 Å². The molecule has 2 N–H and O–H groups in total. The van der Waals surface area contributed by atoms with E-state index in [1.807, 2.05) is 46.0 Å². The van der Waals surface area contributed by atoms with Gasteiger partial charge in [0.15, 0.2) is 5.82 Å². The van der Waals surface area contributed by atoms with Crippen LogP contribution in [0, 0.1) is 0 Å². The predicted octanol–water partition coefficient (Wildman–Crippen LogP) is 1.98. The topological polar surface area (TPSA) is 80.0 Å². The first kappa shape index (κ1) is 16.2. The molecule has 22 heavy (non-hydrogen) atoms. The van der Waals surface area contributed by atoms with Crippen molar-refractivity contribution in [1.29, 1.82) is 0 Å². The van der Waals surface area contributed by atoms with Crippen LogP contribution >= 0.6 is 0 Å². The highest BCUT2D eigenvalue weighted by Crippen LogP contribution is 2.25. The third-order valence-corrected chi connectivity index (χ3v) is 3.16. The molecule has 0 aliphatic heterocycles. The number of hydrogen-bond donors (Lipinski definition) is 2. The quantitative estimate of drug-likeness (QED) is 0.826. The smallest absolute Gasteiger partial charge is 0.258 e. The highest BCUT2D eigenvalue weighted by atomic mass is 16.5. The Hall–Kier alpha value is -2.21. The monoisotopic (exact) mass is 302 g/mol. The van der Waals surface area contributed by atoms with Gasteiger partial charge in [-0.3, -0.25) is 4.79 Å². The molecule has 0 fully saturated rings. The Balaban J connectivity index is 2.28. The number of amides is 1. The molecule has 0 saturated heterocycles. The second kappa shape index (κ2) is 6.70. The number of carbonyl (C=O) groups is 1. The highest BCUT2D eigenvalue weighted by molar-refractivity contribution is 5.99. The molecule has 0 spiro atoms. The fraction of sp³-hybridized carbons (Fsp3) is 0.438. The third kappa shape index (κ3) is 3.71. The molecule has 0 aliphatic carbocycles. The number of nitrogens with one attached hydrogen (secondary N) is 2. The Kier molecular flexibility index (Phi) is 4.92. The molecule has 1 amide bonds. The zero-order valence-electron chi connectivity index (χ0n) is 13.4. The second-order valence-corrected chi connectivity index (χ2v) is 6.08. The van der Waals surface area contributed by atoms with E-state index in [1.54, 1.807) is 6.07 Å². The van der Waals surface area contributed by atoms with Crippen LogP contribution in [0.4, 0.5) is 0 Å². The van der Waals surface area contributed by atoms with E-state index in [0.29, 0.717) is 35.9 Å². The van der Waals surface area contributed by atoms with E-state index in [2.05, 4.69) is 20.8 Å². The van der Waals surface area contributed by atoms with E-state index in [1.165, 1.54) is 0 Å². The summed E-state index contributed by atoms with van der Waals surface area (Å²) in [5.41, 5.74) is 0.973. The van der Waals surface area contributed by atoms with Gasteiger partial charge in [0.2, 0.25) is 0 Å². The molecule has 1 aromatic carbocycles. The van der Waals surface area contributed by atoms with Gasteiger partial charge in [-0.25, -0.2) is 0 Å². The first-order valence-corrected chi connectivity index (χ1v) is 7.30. The first-order valence-electron chi connectivity index (χ1n) is 7.30. The standard InChI is InChI=1S/C16H22N4O2/c1-16(2,3)15-19-14(22-20-15)12-8-6-5-7-11(12)13(21)18-10-9-17-4/h5-8,17H,9-10H2,1-4H3,(H,18,21). The van der Waals surface area contributed by atoms with Crippen molar-refractivity contribution in [2.75, 3.05) is 20.1 Å². The van der Waals surface area contributed by atoms with E-state index >= 15 is 0 Å². The molecule has 0 atom stereocenters. The molecule has 6 heteroatoms. The Morgan fingerprint density at radius 1 is 1.23 bits per heavy atom. The average Bonchev–Trinajstić information content (AvgIpc) is 2.97. The Labute approximate surface area is 130 Å². The molecule has 6 nitrogen and oxygen atoms in total. The summed E-state index contributed by atoms with van der Waals surface area (Å²) in [6, 6.07) is 7.23. The van der Waals surface area contributed by atoms with Gasteiger partial charge in [-0.15, -0.1) is 0 Å². The van der Waals surface area contributed by atoms with Crippen molar-refractivity contribution in [3.05, 3.63) is 35.7 Å². The summed E-state index contributed by atoms with van der Waals surface area (Å²) in [7, 11) is 1.84. The molecule has 0 radical (unpaired) electrons. The summed E-state index contributed by atoms with van der Waals surface area (Å²) in [6.45, 7) is 7.30. The van der Waals surface area contributed by atoms with Crippen LogP contribution in [0.15, 0.2) is 28.8 Å². The maximum atomic E-state index is 12.3. The summed E-state index contributed by atoms with van der Waals surface area (Å²) < 4.78 is 5.34. The van der Waals surface area contributed by atoms with Gasteiger partial charge in [0.25, 0.3) is 11.8 Å². The molecule has 0 aliphatic rings. The van der Waals surface area contributed by atoms with Gasteiger partial charge in [0.1, 0.15) is 0 Å². The number of benzene rings is 1. The maximum absolute atomic E-state index is 12.3. The van der Waals surface area contributed by atoms with Crippen molar-refractivity contribution in [1.82, 2.24) is 20.8 Å². The fourth-order valence-corrected chi connectivity index (χ4v) is 1.90. The van der Waals surface area contributed by atoms with E-state index in [4.69, 9.17) is 4.52 Å². The second-order valence-electron chi connectivity index (χ2n) is 6.08. The first-order chi connectivity index (χ1) is 10.4. The number of rotatable bonds is 5. The summed E-state index contributed by atoms with van der Waals surface area (Å²) in [4.78, 5) is 16.7. The van der Waals surface area contributed by atoms with Crippen molar-refractivity contribution in [3.63, 3.8) is 0 Å². The number of hydrogen-bond acceptors (Lipinski definition) is 5. The zero-order valence-corrected chi connectivity index (χ0v) is 13.4. The van der Waals surface area contributed by atoms with E-state index < -0.39 is 0 Å². The Morgan fingerprint density at radius 3 is 2.59 bits per heavy atom. The zero-order chi connectivity index (χ0) is 16.2. The lowest BCUT2D eigenvalue weighted by Crippen LogP contribution is -2.30. The average molecular weight is 302 g/mol. The predicted molar refractivity (Wildman–Crippen MR) is 84.7 cm³/mol. The third-order valence-electron chi connectivity index (χ3n) is 3.16. The molecule has 2 rings (SSSR count). The largest absolute Gasteiger partial charge is 0.351 e.